The molecule has 0 amide bonds. The van der Waals surface area contributed by atoms with E-state index in [1.165, 1.54) is 10.4 Å². The summed E-state index contributed by atoms with van der Waals surface area (Å²) in [5.41, 5.74) is 1.08. The SMILES string of the molecule is COc1ccc(CO[C@H]([C@H](C)CO)[C@@H](C)/C=C/CCO[Si](c2ccccc2)(c2ccccc2)C(C)(C)C)cc1. The summed E-state index contributed by atoms with van der Waals surface area (Å²) in [5.74, 6) is 1.00. The van der Waals surface area contributed by atoms with E-state index in [9.17, 15) is 5.11 Å². The van der Waals surface area contributed by atoms with E-state index in [-0.39, 0.29) is 29.6 Å². The van der Waals surface area contributed by atoms with Crippen LogP contribution in [0.4, 0.5) is 0 Å². The lowest BCUT2D eigenvalue weighted by atomic mass is 9.93. The molecule has 0 aliphatic carbocycles. The molecule has 0 aliphatic heterocycles. The lowest BCUT2D eigenvalue weighted by molar-refractivity contribution is -0.0309. The summed E-state index contributed by atoms with van der Waals surface area (Å²) >= 11 is 0. The van der Waals surface area contributed by atoms with E-state index in [1.54, 1.807) is 7.11 Å². The zero-order valence-corrected chi connectivity index (χ0v) is 25.5. The molecule has 0 bridgehead atoms. The van der Waals surface area contributed by atoms with Crippen molar-refractivity contribution in [2.24, 2.45) is 11.8 Å². The Morgan fingerprint density at radius 3 is 1.90 bits per heavy atom. The van der Waals surface area contributed by atoms with Crippen LogP contribution in [-0.2, 0) is 15.8 Å². The van der Waals surface area contributed by atoms with Gasteiger partial charge in [0.2, 0.25) is 0 Å². The molecule has 1 N–H and O–H groups in total. The molecule has 0 saturated carbocycles. The summed E-state index contributed by atoms with van der Waals surface area (Å²) < 4.78 is 18.6. The van der Waals surface area contributed by atoms with Crippen LogP contribution in [-0.4, -0.2) is 39.9 Å². The Bertz CT molecular complexity index is 1080. The normalized spacial score (nSPS) is 14.7. The van der Waals surface area contributed by atoms with Crippen molar-refractivity contribution in [2.75, 3.05) is 20.3 Å². The first kappa shape index (κ1) is 30.8. The topological polar surface area (TPSA) is 47.9 Å². The van der Waals surface area contributed by atoms with Gasteiger partial charge in [0.15, 0.2) is 0 Å². The largest absolute Gasteiger partial charge is 0.497 e. The summed E-state index contributed by atoms with van der Waals surface area (Å²) in [6, 6.07) is 29.4. The Hall–Kier alpha value is -2.70. The maximum Gasteiger partial charge on any atom is 0.261 e. The number of methoxy groups -OCH3 is 1. The van der Waals surface area contributed by atoms with E-state index in [2.05, 4.69) is 101 Å². The number of rotatable bonds is 14. The van der Waals surface area contributed by atoms with E-state index >= 15 is 0 Å². The minimum absolute atomic E-state index is 0.0243. The monoisotopic (exact) mass is 546 g/mol. The van der Waals surface area contributed by atoms with Crippen molar-refractivity contribution in [2.45, 2.75) is 58.8 Å². The highest BCUT2D eigenvalue weighted by Gasteiger charge is 2.49. The number of hydrogen-bond acceptors (Lipinski definition) is 4. The minimum atomic E-state index is -2.53. The molecule has 3 atom stereocenters. The third-order valence-electron chi connectivity index (χ3n) is 7.43. The first-order valence-corrected chi connectivity index (χ1v) is 15.9. The third kappa shape index (κ3) is 7.92. The van der Waals surface area contributed by atoms with Crippen LogP contribution in [0.1, 0.15) is 46.6 Å². The van der Waals surface area contributed by atoms with Crippen LogP contribution in [0.5, 0.6) is 5.75 Å². The van der Waals surface area contributed by atoms with Gasteiger partial charge in [-0.2, -0.15) is 0 Å². The Labute approximate surface area is 236 Å². The van der Waals surface area contributed by atoms with Gasteiger partial charge in [0.25, 0.3) is 8.32 Å². The second kappa shape index (κ2) is 14.6. The summed E-state index contributed by atoms with van der Waals surface area (Å²) in [4.78, 5) is 0. The predicted molar refractivity (Wildman–Crippen MR) is 164 cm³/mol. The van der Waals surface area contributed by atoms with E-state index in [0.717, 1.165) is 17.7 Å². The fourth-order valence-electron chi connectivity index (χ4n) is 5.31. The van der Waals surface area contributed by atoms with Crippen LogP contribution in [0, 0.1) is 11.8 Å². The van der Waals surface area contributed by atoms with Crippen molar-refractivity contribution in [3.63, 3.8) is 0 Å². The van der Waals surface area contributed by atoms with Crippen LogP contribution < -0.4 is 15.1 Å². The lowest BCUT2D eigenvalue weighted by Gasteiger charge is -2.43. The summed E-state index contributed by atoms with van der Waals surface area (Å²) in [6.07, 6.45) is 5.13. The van der Waals surface area contributed by atoms with Gasteiger partial charge in [0.1, 0.15) is 5.75 Å². The first-order valence-electron chi connectivity index (χ1n) is 14.0. The van der Waals surface area contributed by atoms with Crippen molar-refractivity contribution in [1.29, 1.82) is 0 Å². The van der Waals surface area contributed by atoms with Gasteiger partial charge in [-0.25, -0.2) is 0 Å². The first-order chi connectivity index (χ1) is 18.7. The molecule has 3 rings (SSSR count). The fraction of sp³-hybridized carbons (Fsp3) is 0.412. The predicted octanol–water partition coefficient (Wildman–Crippen LogP) is 6.37. The number of hydrogen-bond donors (Lipinski definition) is 1. The Morgan fingerprint density at radius 1 is 0.846 bits per heavy atom. The average molecular weight is 547 g/mol. The number of aliphatic hydroxyl groups is 1. The minimum Gasteiger partial charge on any atom is -0.497 e. The molecule has 210 valence electrons. The summed E-state index contributed by atoms with van der Waals surface area (Å²) in [5, 5.41) is 12.4. The highest BCUT2D eigenvalue weighted by molar-refractivity contribution is 6.99. The molecule has 39 heavy (non-hydrogen) atoms. The molecular weight excluding hydrogens is 500 g/mol. The fourth-order valence-corrected chi connectivity index (χ4v) is 9.89. The zero-order chi connectivity index (χ0) is 28.3. The van der Waals surface area contributed by atoms with Gasteiger partial charge in [0, 0.05) is 25.0 Å². The van der Waals surface area contributed by atoms with Gasteiger partial charge >= 0.3 is 0 Å². The van der Waals surface area contributed by atoms with Crippen LogP contribution in [0.3, 0.4) is 0 Å². The smallest absolute Gasteiger partial charge is 0.261 e. The quantitative estimate of drug-likeness (QED) is 0.145. The van der Waals surface area contributed by atoms with Crippen molar-refractivity contribution >= 4 is 18.7 Å². The van der Waals surface area contributed by atoms with Crippen molar-refractivity contribution in [3.8, 4) is 5.75 Å². The van der Waals surface area contributed by atoms with Crippen molar-refractivity contribution in [3.05, 3.63) is 103 Å². The second-order valence-corrected chi connectivity index (χ2v) is 15.7. The molecule has 4 nitrogen and oxygen atoms in total. The van der Waals surface area contributed by atoms with E-state index in [0.29, 0.717) is 13.2 Å². The summed E-state index contributed by atoms with van der Waals surface area (Å²) in [7, 11) is -0.865. The van der Waals surface area contributed by atoms with Gasteiger partial charge in [0.05, 0.1) is 19.8 Å². The van der Waals surface area contributed by atoms with Gasteiger partial charge < -0.3 is 19.0 Å². The molecule has 0 fully saturated rings. The van der Waals surface area contributed by atoms with Crippen LogP contribution >= 0.6 is 0 Å². The summed E-state index contributed by atoms with van der Waals surface area (Å²) in [6.45, 7) is 12.3. The molecule has 5 heteroatoms. The molecule has 3 aromatic rings. The molecule has 0 aliphatic rings. The average Bonchev–Trinajstić information content (AvgIpc) is 2.95. The van der Waals surface area contributed by atoms with Crippen molar-refractivity contribution < 1.29 is 19.0 Å². The van der Waals surface area contributed by atoms with Gasteiger partial charge in [-0.15, -0.1) is 0 Å². The Balaban J connectivity index is 1.69. The highest BCUT2D eigenvalue weighted by Crippen LogP contribution is 2.36. The third-order valence-corrected chi connectivity index (χ3v) is 12.5. The Morgan fingerprint density at radius 2 is 1.41 bits per heavy atom. The maximum atomic E-state index is 9.88. The van der Waals surface area contributed by atoms with E-state index < -0.39 is 8.32 Å². The number of benzene rings is 3. The zero-order valence-electron chi connectivity index (χ0n) is 24.5. The van der Waals surface area contributed by atoms with Gasteiger partial charge in [-0.3, -0.25) is 0 Å². The molecule has 0 saturated heterocycles. The molecule has 0 aromatic heterocycles. The molecule has 0 unspecified atom stereocenters. The Kier molecular flexibility index (Phi) is 11.6. The van der Waals surface area contributed by atoms with Crippen molar-refractivity contribution in [1.82, 2.24) is 0 Å². The molecule has 0 spiro atoms. The number of aliphatic hydroxyl groups excluding tert-OH is 1. The van der Waals surface area contributed by atoms with Gasteiger partial charge in [-0.05, 0) is 39.5 Å². The van der Waals surface area contributed by atoms with E-state index in [1.807, 2.05) is 31.2 Å². The second-order valence-electron chi connectivity index (χ2n) is 11.4. The molecule has 3 aromatic carbocycles. The highest BCUT2D eigenvalue weighted by atomic mass is 28.4. The van der Waals surface area contributed by atoms with Crippen LogP contribution in [0.2, 0.25) is 5.04 Å². The molecule has 0 radical (unpaired) electrons. The standard InChI is InChI=1S/C34H46O4Si/c1-27(33(28(2)25-35)37-26-29-20-22-30(36-6)23-21-29)15-13-14-24-38-39(34(3,4)5,31-16-9-7-10-17-31)32-18-11-8-12-19-32/h7-13,15-23,27-28,33,35H,14,24-26H2,1-6H3/b15-13+/t27-,28+,33-/m0/s1. The molecule has 0 heterocycles. The maximum absolute atomic E-state index is 9.88. The molecular formula is C34H46O4Si. The van der Waals surface area contributed by atoms with Crippen LogP contribution in [0.25, 0.3) is 0 Å². The number of ether oxygens (including phenoxy) is 2. The van der Waals surface area contributed by atoms with Gasteiger partial charge in [-0.1, -0.05) is 120 Å². The van der Waals surface area contributed by atoms with E-state index in [4.69, 9.17) is 13.9 Å². The lowest BCUT2D eigenvalue weighted by Crippen LogP contribution is -2.66. The van der Waals surface area contributed by atoms with Crippen LogP contribution in [0.15, 0.2) is 97.1 Å².